The predicted octanol–water partition coefficient (Wildman–Crippen LogP) is 3.28. The first-order valence-corrected chi connectivity index (χ1v) is 8.43. The molecule has 0 spiro atoms. The third-order valence-electron chi connectivity index (χ3n) is 2.74. The SMILES string of the molecule is CCCC(Cc1nc(CSCC(C)C)no1)NCC. The van der Waals surface area contributed by atoms with E-state index >= 15 is 0 Å². The summed E-state index contributed by atoms with van der Waals surface area (Å²) in [7, 11) is 0. The van der Waals surface area contributed by atoms with Crippen molar-refractivity contribution in [2.45, 2.75) is 58.8 Å². The lowest BCUT2D eigenvalue weighted by Gasteiger charge is -2.14. The van der Waals surface area contributed by atoms with E-state index in [4.69, 9.17) is 4.52 Å². The van der Waals surface area contributed by atoms with E-state index in [1.807, 2.05) is 11.8 Å². The summed E-state index contributed by atoms with van der Waals surface area (Å²) in [5.41, 5.74) is 0. The number of hydrogen-bond donors (Lipinski definition) is 1. The second-order valence-corrected chi connectivity index (χ2v) is 6.29. The fourth-order valence-corrected chi connectivity index (χ4v) is 2.83. The summed E-state index contributed by atoms with van der Waals surface area (Å²) in [6, 6.07) is 0.451. The van der Waals surface area contributed by atoms with Crippen molar-refractivity contribution in [1.82, 2.24) is 15.5 Å². The van der Waals surface area contributed by atoms with E-state index in [9.17, 15) is 0 Å². The smallest absolute Gasteiger partial charge is 0.228 e. The minimum absolute atomic E-state index is 0.451. The van der Waals surface area contributed by atoms with Crippen molar-refractivity contribution in [1.29, 1.82) is 0 Å². The lowest BCUT2D eigenvalue weighted by Crippen LogP contribution is -2.30. The van der Waals surface area contributed by atoms with Crippen LogP contribution in [0.5, 0.6) is 0 Å². The van der Waals surface area contributed by atoms with Crippen LogP contribution < -0.4 is 5.32 Å². The molecule has 0 aliphatic rings. The van der Waals surface area contributed by atoms with Crippen LogP contribution in [0.2, 0.25) is 0 Å². The van der Waals surface area contributed by atoms with Gasteiger partial charge in [-0.2, -0.15) is 16.7 Å². The van der Waals surface area contributed by atoms with E-state index in [2.05, 4.69) is 43.2 Å². The number of thioether (sulfide) groups is 1. The number of nitrogens with one attached hydrogen (secondary N) is 1. The van der Waals surface area contributed by atoms with Crippen LogP contribution >= 0.6 is 11.8 Å². The Kier molecular flexibility index (Phi) is 8.14. The molecule has 1 aromatic rings. The normalized spacial score (nSPS) is 13.1. The summed E-state index contributed by atoms with van der Waals surface area (Å²) in [5, 5.41) is 7.52. The number of rotatable bonds is 10. The highest BCUT2D eigenvalue weighted by atomic mass is 32.2. The molecule has 19 heavy (non-hydrogen) atoms. The molecule has 5 heteroatoms. The van der Waals surface area contributed by atoms with Crippen LogP contribution in [0.1, 0.15) is 52.3 Å². The zero-order chi connectivity index (χ0) is 14.1. The molecule has 0 saturated carbocycles. The zero-order valence-corrected chi connectivity index (χ0v) is 13.4. The molecular formula is C14H27N3OS. The summed E-state index contributed by atoms with van der Waals surface area (Å²) < 4.78 is 5.33. The Labute approximate surface area is 121 Å². The molecule has 1 heterocycles. The predicted molar refractivity (Wildman–Crippen MR) is 81.4 cm³/mol. The number of nitrogens with zero attached hydrogens (tertiary/aromatic N) is 2. The van der Waals surface area contributed by atoms with Crippen LogP contribution in [-0.2, 0) is 12.2 Å². The highest BCUT2D eigenvalue weighted by Gasteiger charge is 2.13. The molecule has 1 N–H and O–H groups in total. The average Bonchev–Trinajstić information content (AvgIpc) is 2.77. The van der Waals surface area contributed by atoms with Crippen molar-refractivity contribution in [2.24, 2.45) is 5.92 Å². The first-order chi connectivity index (χ1) is 9.15. The van der Waals surface area contributed by atoms with Crippen molar-refractivity contribution in [3.63, 3.8) is 0 Å². The van der Waals surface area contributed by atoms with Crippen molar-refractivity contribution in [3.8, 4) is 0 Å². The Morgan fingerprint density at radius 3 is 2.74 bits per heavy atom. The average molecular weight is 285 g/mol. The summed E-state index contributed by atoms with van der Waals surface area (Å²) in [4.78, 5) is 4.47. The maximum absolute atomic E-state index is 5.33. The Morgan fingerprint density at radius 1 is 1.32 bits per heavy atom. The number of likely N-dealkylation sites (N-methyl/N-ethyl adjacent to an activating group) is 1. The lowest BCUT2D eigenvalue weighted by molar-refractivity contribution is 0.349. The van der Waals surface area contributed by atoms with Gasteiger partial charge in [0.15, 0.2) is 5.82 Å². The van der Waals surface area contributed by atoms with Crippen molar-refractivity contribution < 1.29 is 4.52 Å². The van der Waals surface area contributed by atoms with Gasteiger partial charge in [0.1, 0.15) is 0 Å². The van der Waals surface area contributed by atoms with E-state index in [0.29, 0.717) is 12.0 Å². The minimum atomic E-state index is 0.451. The third-order valence-corrected chi connectivity index (χ3v) is 4.11. The van der Waals surface area contributed by atoms with Crippen molar-refractivity contribution >= 4 is 11.8 Å². The molecule has 0 radical (unpaired) electrons. The third kappa shape index (κ3) is 6.97. The molecular weight excluding hydrogens is 258 g/mol. The Bertz CT molecular complexity index is 335. The monoisotopic (exact) mass is 285 g/mol. The van der Waals surface area contributed by atoms with Gasteiger partial charge in [-0.3, -0.25) is 0 Å². The van der Waals surface area contributed by atoms with Gasteiger partial charge < -0.3 is 9.84 Å². The van der Waals surface area contributed by atoms with Gasteiger partial charge in [0, 0.05) is 12.5 Å². The minimum Gasteiger partial charge on any atom is -0.339 e. The topological polar surface area (TPSA) is 51.0 Å². The maximum atomic E-state index is 5.33. The molecule has 0 bridgehead atoms. The number of aromatic nitrogens is 2. The fraction of sp³-hybridized carbons (Fsp3) is 0.857. The summed E-state index contributed by atoms with van der Waals surface area (Å²) in [5.74, 6) is 4.28. The molecule has 4 nitrogen and oxygen atoms in total. The highest BCUT2D eigenvalue weighted by molar-refractivity contribution is 7.98. The molecule has 1 aromatic heterocycles. The molecule has 0 aliphatic carbocycles. The standard InChI is InChI=1S/C14H27N3OS/c1-5-7-12(15-6-2)8-14-16-13(17-18-14)10-19-9-11(3)4/h11-12,15H,5-10H2,1-4H3. The largest absolute Gasteiger partial charge is 0.339 e. The van der Waals surface area contributed by atoms with Gasteiger partial charge in [-0.25, -0.2) is 0 Å². The number of hydrogen-bond acceptors (Lipinski definition) is 5. The lowest BCUT2D eigenvalue weighted by atomic mass is 10.1. The molecule has 1 unspecified atom stereocenters. The zero-order valence-electron chi connectivity index (χ0n) is 12.6. The van der Waals surface area contributed by atoms with E-state index in [0.717, 1.165) is 42.6 Å². The van der Waals surface area contributed by atoms with Gasteiger partial charge in [0.05, 0.1) is 5.75 Å². The van der Waals surface area contributed by atoms with Crippen LogP contribution in [0.4, 0.5) is 0 Å². The first kappa shape index (κ1) is 16.5. The van der Waals surface area contributed by atoms with Gasteiger partial charge in [-0.1, -0.05) is 39.3 Å². The summed E-state index contributed by atoms with van der Waals surface area (Å²) in [6.07, 6.45) is 3.15. The van der Waals surface area contributed by atoms with Crippen LogP contribution in [-0.4, -0.2) is 28.5 Å². The van der Waals surface area contributed by atoms with Crippen LogP contribution in [0.15, 0.2) is 4.52 Å². The molecule has 0 aliphatic heterocycles. The van der Waals surface area contributed by atoms with Crippen LogP contribution in [0.25, 0.3) is 0 Å². The molecule has 1 rings (SSSR count). The van der Waals surface area contributed by atoms with E-state index in [-0.39, 0.29) is 0 Å². The molecule has 110 valence electrons. The van der Waals surface area contributed by atoms with E-state index < -0.39 is 0 Å². The van der Waals surface area contributed by atoms with Crippen LogP contribution in [0, 0.1) is 5.92 Å². The molecule has 0 fully saturated rings. The van der Waals surface area contributed by atoms with Gasteiger partial charge >= 0.3 is 0 Å². The quantitative estimate of drug-likeness (QED) is 0.715. The van der Waals surface area contributed by atoms with Gasteiger partial charge in [0.25, 0.3) is 0 Å². The van der Waals surface area contributed by atoms with E-state index in [1.165, 1.54) is 6.42 Å². The van der Waals surface area contributed by atoms with Gasteiger partial charge in [0.2, 0.25) is 5.89 Å². The fourth-order valence-electron chi connectivity index (χ4n) is 1.94. The Morgan fingerprint density at radius 2 is 2.11 bits per heavy atom. The molecule has 0 amide bonds. The van der Waals surface area contributed by atoms with Crippen molar-refractivity contribution in [3.05, 3.63) is 11.7 Å². The maximum Gasteiger partial charge on any atom is 0.228 e. The second-order valence-electron chi connectivity index (χ2n) is 5.26. The van der Waals surface area contributed by atoms with E-state index in [1.54, 1.807) is 0 Å². The summed E-state index contributed by atoms with van der Waals surface area (Å²) in [6.45, 7) is 9.76. The van der Waals surface area contributed by atoms with Crippen molar-refractivity contribution in [2.75, 3.05) is 12.3 Å². The molecule has 0 aromatic carbocycles. The van der Waals surface area contributed by atoms with Gasteiger partial charge in [-0.05, 0) is 24.6 Å². The van der Waals surface area contributed by atoms with Gasteiger partial charge in [-0.15, -0.1) is 0 Å². The van der Waals surface area contributed by atoms with Crippen LogP contribution in [0.3, 0.4) is 0 Å². The second kappa shape index (κ2) is 9.37. The first-order valence-electron chi connectivity index (χ1n) is 7.28. The summed E-state index contributed by atoms with van der Waals surface area (Å²) >= 11 is 1.87. The molecule has 0 saturated heterocycles. The molecule has 1 atom stereocenters. The Hall–Kier alpha value is -0.550. The highest BCUT2D eigenvalue weighted by Crippen LogP contribution is 2.14. The Balaban J connectivity index is 2.39.